The fourth-order valence-corrected chi connectivity index (χ4v) is 2.69. The molecule has 0 spiro atoms. The molecule has 0 aliphatic carbocycles. The largest absolute Gasteiger partial charge is 0.505 e. The first-order valence-electron chi connectivity index (χ1n) is 6.73. The van der Waals surface area contributed by atoms with E-state index in [9.17, 15) is 9.90 Å². The van der Waals surface area contributed by atoms with Crippen LogP contribution in [0.2, 0.25) is 0 Å². The molecule has 1 aliphatic rings. The topological polar surface area (TPSA) is 53.4 Å². The number of aryl methyl sites for hydroxylation is 1. The Morgan fingerprint density at radius 2 is 2.15 bits per heavy atom. The zero-order valence-electron chi connectivity index (χ0n) is 11.3. The Labute approximate surface area is 117 Å². The molecule has 0 saturated heterocycles. The highest BCUT2D eigenvalue weighted by Gasteiger charge is 2.29. The number of fused-ring (bicyclic) bond motifs is 1. The monoisotopic (exact) mass is 268 g/mol. The van der Waals surface area contributed by atoms with Gasteiger partial charge in [-0.3, -0.25) is 9.78 Å². The number of carbonyl (C=O) groups excluding carboxylic acids is 1. The minimum atomic E-state index is -0.176. The number of nitrogens with zero attached hydrogens (tertiary/aromatic N) is 2. The van der Waals surface area contributed by atoms with E-state index in [1.165, 1.54) is 18.0 Å². The molecule has 1 N–H and O–H groups in total. The molecular weight excluding hydrogens is 252 g/mol. The van der Waals surface area contributed by atoms with Crippen LogP contribution in [0.3, 0.4) is 0 Å². The highest BCUT2D eigenvalue weighted by molar-refractivity contribution is 6.08. The van der Waals surface area contributed by atoms with Crippen LogP contribution in [0.25, 0.3) is 0 Å². The maximum atomic E-state index is 12.7. The number of aromatic hydroxyl groups is 1. The van der Waals surface area contributed by atoms with Crippen molar-refractivity contribution < 1.29 is 9.90 Å². The summed E-state index contributed by atoms with van der Waals surface area (Å²) in [4.78, 5) is 18.3. The van der Waals surface area contributed by atoms with Gasteiger partial charge in [0.05, 0.1) is 11.8 Å². The Bertz CT molecular complexity index is 654. The smallest absolute Gasteiger partial charge is 0.262 e. The van der Waals surface area contributed by atoms with Crippen LogP contribution in [0.4, 0.5) is 5.69 Å². The third-order valence-corrected chi connectivity index (χ3v) is 3.77. The fraction of sp³-hybridized carbons (Fsp3) is 0.250. The maximum absolute atomic E-state index is 12.7. The predicted octanol–water partition coefficient (Wildman–Crippen LogP) is 2.77. The van der Waals surface area contributed by atoms with E-state index >= 15 is 0 Å². The Morgan fingerprint density at radius 3 is 2.95 bits per heavy atom. The van der Waals surface area contributed by atoms with E-state index in [1.54, 1.807) is 11.0 Å². The van der Waals surface area contributed by atoms with Gasteiger partial charge in [-0.2, -0.15) is 0 Å². The molecule has 1 amide bonds. The summed E-state index contributed by atoms with van der Waals surface area (Å²) in [7, 11) is 0. The van der Waals surface area contributed by atoms with Crippen molar-refractivity contribution in [1.29, 1.82) is 0 Å². The molecule has 3 rings (SSSR count). The lowest BCUT2D eigenvalue weighted by molar-refractivity contribution is 0.0972. The lowest BCUT2D eigenvalue weighted by Crippen LogP contribution is -2.42. The maximum Gasteiger partial charge on any atom is 0.262 e. The number of hydrogen-bond donors (Lipinski definition) is 1. The summed E-state index contributed by atoms with van der Waals surface area (Å²) in [5.74, 6) is -0.252. The predicted molar refractivity (Wildman–Crippen MR) is 76.9 cm³/mol. The lowest BCUT2D eigenvalue weighted by Gasteiger charge is -2.35. The molecular formula is C16H16N2O2. The van der Waals surface area contributed by atoms with Crippen molar-refractivity contribution >= 4 is 11.6 Å². The zero-order chi connectivity index (χ0) is 14.1. The number of pyridine rings is 1. The van der Waals surface area contributed by atoms with Gasteiger partial charge in [0.15, 0.2) is 0 Å². The Morgan fingerprint density at radius 1 is 1.35 bits per heavy atom. The van der Waals surface area contributed by atoms with Crippen LogP contribution in [-0.4, -0.2) is 22.0 Å². The molecule has 102 valence electrons. The number of para-hydroxylation sites is 1. The number of rotatable bonds is 1. The number of amides is 1. The average Bonchev–Trinajstić information content (AvgIpc) is 2.47. The first kappa shape index (κ1) is 12.7. The summed E-state index contributed by atoms with van der Waals surface area (Å²) in [6.07, 6.45) is 4.72. The summed E-state index contributed by atoms with van der Waals surface area (Å²) in [6.45, 7) is 2.03. The fourth-order valence-electron chi connectivity index (χ4n) is 2.69. The standard InChI is InChI=1S/C16H16N2O2/c1-11-6-7-12-4-2-3-5-14(12)18(11)16(20)13-8-9-17-10-15(13)19/h2-5,8-11,19H,6-7H2,1H3. The molecule has 1 atom stereocenters. The molecule has 0 radical (unpaired) electrons. The van der Waals surface area contributed by atoms with Gasteiger partial charge in [0.2, 0.25) is 0 Å². The summed E-state index contributed by atoms with van der Waals surface area (Å²) in [6, 6.07) is 9.60. The van der Waals surface area contributed by atoms with Gasteiger partial charge >= 0.3 is 0 Å². The first-order valence-corrected chi connectivity index (χ1v) is 6.73. The second kappa shape index (κ2) is 4.96. The molecule has 1 unspecified atom stereocenters. The Hall–Kier alpha value is -2.36. The minimum Gasteiger partial charge on any atom is -0.505 e. The van der Waals surface area contributed by atoms with E-state index in [4.69, 9.17) is 0 Å². The van der Waals surface area contributed by atoms with Crippen LogP contribution >= 0.6 is 0 Å². The van der Waals surface area contributed by atoms with Crippen molar-refractivity contribution in [1.82, 2.24) is 4.98 Å². The van der Waals surface area contributed by atoms with Crippen LogP contribution in [-0.2, 0) is 6.42 Å². The summed E-state index contributed by atoms with van der Waals surface area (Å²) in [5, 5.41) is 9.84. The Kier molecular flexibility index (Phi) is 3.14. The summed E-state index contributed by atoms with van der Waals surface area (Å²) >= 11 is 0. The number of benzene rings is 1. The number of carbonyl (C=O) groups is 1. The molecule has 0 fully saturated rings. The summed E-state index contributed by atoms with van der Waals surface area (Å²) < 4.78 is 0. The van der Waals surface area contributed by atoms with Gasteiger partial charge in [-0.25, -0.2) is 0 Å². The van der Waals surface area contributed by atoms with Gasteiger partial charge in [-0.05, 0) is 37.5 Å². The highest BCUT2D eigenvalue weighted by atomic mass is 16.3. The van der Waals surface area contributed by atoms with Crippen molar-refractivity contribution in [2.24, 2.45) is 0 Å². The van der Waals surface area contributed by atoms with Crippen molar-refractivity contribution in [2.45, 2.75) is 25.8 Å². The number of aromatic nitrogens is 1. The van der Waals surface area contributed by atoms with E-state index in [2.05, 4.69) is 4.98 Å². The van der Waals surface area contributed by atoms with Gasteiger partial charge in [0.1, 0.15) is 5.75 Å². The van der Waals surface area contributed by atoms with Crippen molar-refractivity contribution in [3.05, 3.63) is 53.9 Å². The van der Waals surface area contributed by atoms with Gasteiger partial charge in [0.25, 0.3) is 5.91 Å². The third kappa shape index (κ3) is 2.03. The second-order valence-corrected chi connectivity index (χ2v) is 5.08. The molecule has 2 heterocycles. The average molecular weight is 268 g/mol. The molecule has 20 heavy (non-hydrogen) atoms. The highest BCUT2D eigenvalue weighted by Crippen LogP contribution is 2.32. The van der Waals surface area contributed by atoms with Gasteiger partial charge in [0, 0.05) is 17.9 Å². The third-order valence-electron chi connectivity index (χ3n) is 3.77. The lowest BCUT2D eigenvalue weighted by atomic mass is 9.96. The molecule has 2 aromatic rings. The molecule has 4 nitrogen and oxygen atoms in total. The van der Waals surface area contributed by atoms with Crippen molar-refractivity contribution in [3.8, 4) is 5.75 Å². The quantitative estimate of drug-likeness (QED) is 0.865. The van der Waals surface area contributed by atoms with Crippen LogP contribution < -0.4 is 4.90 Å². The van der Waals surface area contributed by atoms with Gasteiger partial charge < -0.3 is 10.0 Å². The molecule has 1 aromatic carbocycles. The zero-order valence-corrected chi connectivity index (χ0v) is 11.3. The normalized spacial score (nSPS) is 17.6. The molecule has 1 aromatic heterocycles. The minimum absolute atomic E-state index is 0.0762. The molecule has 0 saturated carbocycles. The molecule has 4 heteroatoms. The van der Waals surface area contributed by atoms with E-state index in [0.29, 0.717) is 5.56 Å². The first-order chi connectivity index (χ1) is 9.68. The van der Waals surface area contributed by atoms with Crippen LogP contribution in [0.15, 0.2) is 42.7 Å². The van der Waals surface area contributed by atoms with E-state index in [-0.39, 0.29) is 17.7 Å². The van der Waals surface area contributed by atoms with Crippen molar-refractivity contribution in [2.75, 3.05) is 4.90 Å². The second-order valence-electron chi connectivity index (χ2n) is 5.08. The van der Waals surface area contributed by atoms with Gasteiger partial charge in [-0.15, -0.1) is 0 Å². The number of anilines is 1. The van der Waals surface area contributed by atoms with Gasteiger partial charge in [-0.1, -0.05) is 18.2 Å². The van der Waals surface area contributed by atoms with Crippen LogP contribution in [0.1, 0.15) is 29.3 Å². The van der Waals surface area contributed by atoms with E-state index in [0.717, 1.165) is 18.5 Å². The number of hydrogen-bond acceptors (Lipinski definition) is 3. The van der Waals surface area contributed by atoms with Crippen LogP contribution in [0.5, 0.6) is 5.75 Å². The summed E-state index contributed by atoms with van der Waals surface area (Å²) in [5.41, 5.74) is 2.41. The Balaban J connectivity index is 2.05. The van der Waals surface area contributed by atoms with E-state index < -0.39 is 0 Å². The SMILES string of the molecule is CC1CCc2ccccc2N1C(=O)c1ccncc1O. The molecule has 1 aliphatic heterocycles. The molecule has 0 bridgehead atoms. The van der Waals surface area contributed by atoms with E-state index in [1.807, 2.05) is 31.2 Å². The van der Waals surface area contributed by atoms with Crippen molar-refractivity contribution in [3.63, 3.8) is 0 Å². The van der Waals surface area contributed by atoms with Crippen LogP contribution in [0, 0.1) is 0 Å².